The predicted molar refractivity (Wildman–Crippen MR) is 77.1 cm³/mol. The molecular weight excluding hydrogens is 248 g/mol. The summed E-state index contributed by atoms with van der Waals surface area (Å²) in [5, 5.41) is 10.8. The monoisotopic (exact) mass is 274 g/mol. The fraction of sp³-hybridized carbons (Fsp3) is 0.889. The number of aliphatic hydroxyl groups is 1. The van der Waals surface area contributed by atoms with Gasteiger partial charge in [-0.3, -0.25) is 0 Å². The Hall–Kier alpha value is -0.340. The van der Waals surface area contributed by atoms with E-state index in [-0.39, 0.29) is 11.7 Å². The third-order valence-electron chi connectivity index (χ3n) is 7.62. The molecule has 0 aromatic rings. The maximum Gasteiger partial charge on any atom is 0.0982 e. The van der Waals surface area contributed by atoms with Gasteiger partial charge in [-0.15, -0.1) is 0 Å². The molecule has 3 aliphatic carbocycles. The van der Waals surface area contributed by atoms with E-state index in [1.165, 1.54) is 32.1 Å². The fourth-order valence-electron chi connectivity index (χ4n) is 6.80. The van der Waals surface area contributed by atoms with E-state index in [0.29, 0.717) is 17.9 Å². The molecule has 9 atom stereocenters. The van der Waals surface area contributed by atoms with Crippen LogP contribution in [-0.2, 0) is 4.74 Å². The van der Waals surface area contributed by atoms with Gasteiger partial charge >= 0.3 is 0 Å². The first-order chi connectivity index (χ1) is 9.68. The first-order valence-electron chi connectivity index (χ1n) is 8.71. The van der Waals surface area contributed by atoms with Crippen LogP contribution in [0.2, 0.25) is 0 Å². The van der Waals surface area contributed by atoms with Gasteiger partial charge in [-0.2, -0.15) is 0 Å². The third kappa shape index (κ3) is 1.33. The number of ether oxygens (including phenoxy) is 1. The Morgan fingerprint density at radius 1 is 1.15 bits per heavy atom. The summed E-state index contributed by atoms with van der Waals surface area (Å²) in [6.07, 6.45) is 12.7. The van der Waals surface area contributed by atoms with Gasteiger partial charge < -0.3 is 9.84 Å². The van der Waals surface area contributed by atoms with Crippen molar-refractivity contribution in [3.63, 3.8) is 0 Å². The molecule has 2 bridgehead atoms. The molecule has 0 aromatic heterocycles. The van der Waals surface area contributed by atoms with Gasteiger partial charge in [0.25, 0.3) is 0 Å². The molecule has 0 spiro atoms. The summed E-state index contributed by atoms with van der Waals surface area (Å²) in [6.45, 7) is 2.18. The number of aliphatic hydroxyl groups excluding tert-OH is 1. The predicted octanol–water partition coefficient (Wildman–Crippen LogP) is 3.15. The highest BCUT2D eigenvalue weighted by molar-refractivity contribution is 5.20. The summed E-state index contributed by atoms with van der Waals surface area (Å²) in [5.74, 6) is 4.44. The molecular formula is C18H26O2. The first-order valence-corrected chi connectivity index (χ1v) is 8.71. The Labute approximate surface area is 121 Å². The summed E-state index contributed by atoms with van der Waals surface area (Å²) >= 11 is 0. The minimum Gasteiger partial charge on any atom is -0.390 e. The van der Waals surface area contributed by atoms with Crippen molar-refractivity contribution >= 4 is 0 Å². The fourth-order valence-corrected chi connectivity index (χ4v) is 6.80. The lowest BCUT2D eigenvalue weighted by Gasteiger charge is -2.35. The van der Waals surface area contributed by atoms with Crippen LogP contribution in [-0.4, -0.2) is 22.9 Å². The van der Waals surface area contributed by atoms with E-state index < -0.39 is 0 Å². The zero-order chi connectivity index (χ0) is 13.5. The van der Waals surface area contributed by atoms with Crippen molar-refractivity contribution in [2.45, 2.75) is 63.3 Å². The van der Waals surface area contributed by atoms with Crippen molar-refractivity contribution in [2.24, 2.45) is 35.5 Å². The van der Waals surface area contributed by atoms with Crippen molar-refractivity contribution in [1.82, 2.24) is 0 Å². The summed E-state index contributed by atoms with van der Waals surface area (Å²) in [4.78, 5) is 0. The van der Waals surface area contributed by atoms with Crippen LogP contribution in [0.1, 0.15) is 45.4 Å². The Balaban J connectivity index is 1.57. The number of fused-ring (bicyclic) bond motifs is 9. The van der Waals surface area contributed by atoms with Crippen LogP contribution >= 0.6 is 0 Å². The van der Waals surface area contributed by atoms with Crippen LogP contribution in [0.3, 0.4) is 0 Å². The highest BCUT2D eigenvalue weighted by atomic mass is 16.5. The molecule has 1 unspecified atom stereocenters. The lowest BCUT2D eigenvalue weighted by Crippen LogP contribution is -2.44. The molecule has 0 amide bonds. The minimum absolute atomic E-state index is 0.267. The SMILES string of the molecule is C[C@@]12OC([C@@H]3[C@@H](C[C@H]4CCC[C@H]43)C[C@@H]1O)[C@@H]1CC=C[C@@H]12. The molecule has 5 aliphatic rings. The second-order valence-corrected chi connectivity index (χ2v) is 8.30. The van der Waals surface area contributed by atoms with Crippen LogP contribution < -0.4 is 0 Å². The molecule has 1 N–H and O–H groups in total. The average molecular weight is 274 g/mol. The first kappa shape index (κ1) is 12.2. The van der Waals surface area contributed by atoms with E-state index in [4.69, 9.17) is 4.74 Å². The van der Waals surface area contributed by atoms with Crippen molar-refractivity contribution < 1.29 is 9.84 Å². The van der Waals surface area contributed by atoms with Crippen LogP contribution in [0, 0.1) is 35.5 Å². The molecule has 2 heteroatoms. The molecule has 0 radical (unpaired) electrons. The Morgan fingerprint density at radius 3 is 2.95 bits per heavy atom. The van der Waals surface area contributed by atoms with E-state index in [1.54, 1.807) is 0 Å². The van der Waals surface area contributed by atoms with Crippen LogP contribution in [0.15, 0.2) is 12.2 Å². The molecule has 5 rings (SSSR count). The molecule has 2 nitrogen and oxygen atoms in total. The number of allylic oxidation sites excluding steroid dienone is 1. The van der Waals surface area contributed by atoms with E-state index in [2.05, 4.69) is 19.1 Å². The van der Waals surface area contributed by atoms with Crippen molar-refractivity contribution in [3.8, 4) is 0 Å². The van der Waals surface area contributed by atoms with Gasteiger partial charge in [-0.1, -0.05) is 25.0 Å². The summed E-state index contributed by atoms with van der Waals surface area (Å²) in [6, 6.07) is 0. The van der Waals surface area contributed by atoms with Gasteiger partial charge in [0.05, 0.1) is 17.8 Å². The molecule has 20 heavy (non-hydrogen) atoms. The Bertz CT molecular complexity index is 458. The zero-order valence-corrected chi connectivity index (χ0v) is 12.4. The maximum absolute atomic E-state index is 10.8. The standard InChI is InChI=1S/C18H26O2/c1-18-14-7-3-6-13(14)17(20-18)16-11(9-15(18)19)8-10-4-2-5-12(10)16/h3,7,10-17,19H,2,4-6,8-9H2,1H3/t10-,11+,12-,13-,14+,15+,16-,17?,18+/m1/s1. The molecule has 4 fully saturated rings. The Morgan fingerprint density at radius 2 is 2.05 bits per heavy atom. The lowest BCUT2D eigenvalue weighted by molar-refractivity contribution is -0.116. The molecule has 0 aromatic carbocycles. The van der Waals surface area contributed by atoms with Crippen molar-refractivity contribution in [3.05, 3.63) is 12.2 Å². The maximum atomic E-state index is 10.8. The second-order valence-electron chi connectivity index (χ2n) is 8.30. The summed E-state index contributed by atoms with van der Waals surface area (Å²) in [5.41, 5.74) is -0.305. The smallest absolute Gasteiger partial charge is 0.0982 e. The number of rotatable bonds is 0. The molecule has 2 saturated carbocycles. The van der Waals surface area contributed by atoms with Gasteiger partial charge in [-0.05, 0) is 62.2 Å². The van der Waals surface area contributed by atoms with Gasteiger partial charge in [-0.25, -0.2) is 0 Å². The zero-order valence-electron chi connectivity index (χ0n) is 12.4. The molecule has 2 saturated heterocycles. The van der Waals surface area contributed by atoms with Gasteiger partial charge in [0, 0.05) is 5.92 Å². The largest absolute Gasteiger partial charge is 0.390 e. The quantitative estimate of drug-likeness (QED) is 0.688. The Kier molecular flexibility index (Phi) is 2.38. The van der Waals surface area contributed by atoms with E-state index in [0.717, 1.165) is 30.1 Å². The van der Waals surface area contributed by atoms with Crippen LogP contribution in [0.5, 0.6) is 0 Å². The van der Waals surface area contributed by atoms with Gasteiger partial charge in [0.2, 0.25) is 0 Å². The molecule has 110 valence electrons. The van der Waals surface area contributed by atoms with Gasteiger partial charge in [0.1, 0.15) is 0 Å². The topological polar surface area (TPSA) is 29.5 Å². The minimum atomic E-state index is -0.305. The second kappa shape index (κ2) is 3.89. The lowest BCUT2D eigenvalue weighted by atomic mass is 9.68. The highest BCUT2D eigenvalue weighted by Crippen LogP contribution is 2.62. The van der Waals surface area contributed by atoms with Crippen LogP contribution in [0.4, 0.5) is 0 Å². The summed E-state index contributed by atoms with van der Waals surface area (Å²) < 4.78 is 6.61. The van der Waals surface area contributed by atoms with E-state index in [1.807, 2.05) is 0 Å². The van der Waals surface area contributed by atoms with E-state index in [9.17, 15) is 5.11 Å². The highest BCUT2D eigenvalue weighted by Gasteiger charge is 2.64. The normalized spacial score (nSPS) is 63.1. The third-order valence-corrected chi connectivity index (χ3v) is 7.62. The van der Waals surface area contributed by atoms with Gasteiger partial charge in [0.15, 0.2) is 0 Å². The molecule has 2 aliphatic heterocycles. The number of hydrogen-bond donors (Lipinski definition) is 1. The summed E-state index contributed by atoms with van der Waals surface area (Å²) in [7, 11) is 0. The average Bonchev–Trinajstić information content (AvgIpc) is 3.11. The van der Waals surface area contributed by atoms with E-state index >= 15 is 0 Å². The van der Waals surface area contributed by atoms with Crippen molar-refractivity contribution in [2.75, 3.05) is 0 Å². The van der Waals surface area contributed by atoms with Crippen LogP contribution in [0.25, 0.3) is 0 Å². The van der Waals surface area contributed by atoms with Crippen molar-refractivity contribution in [1.29, 1.82) is 0 Å². The molecule has 2 heterocycles. The number of hydrogen-bond acceptors (Lipinski definition) is 2.